The van der Waals surface area contributed by atoms with Crippen molar-refractivity contribution in [2.24, 2.45) is 0 Å². The fourth-order valence-corrected chi connectivity index (χ4v) is 1.93. The Morgan fingerprint density at radius 1 is 1.20 bits per heavy atom. The molecule has 0 saturated carbocycles. The first-order valence-corrected chi connectivity index (χ1v) is 3.74. The van der Waals surface area contributed by atoms with Crippen molar-refractivity contribution in [3.63, 3.8) is 0 Å². The van der Waals surface area contributed by atoms with E-state index in [0.717, 1.165) is 17.9 Å². The molecular weight excluding hydrogens is 130 g/mol. The van der Waals surface area contributed by atoms with Crippen molar-refractivity contribution >= 4 is 5.78 Å². The zero-order valence-corrected chi connectivity index (χ0v) is 5.75. The molecular formula is C7H10NO2. The Hall–Kier alpha value is -0.410. The first-order valence-electron chi connectivity index (χ1n) is 3.74. The van der Waals surface area contributed by atoms with E-state index in [9.17, 15) is 10.0 Å². The molecule has 0 aliphatic carbocycles. The van der Waals surface area contributed by atoms with E-state index in [-0.39, 0.29) is 17.9 Å². The van der Waals surface area contributed by atoms with Crippen LogP contribution >= 0.6 is 0 Å². The van der Waals surface area contributed by atoms with Crippen LogP contribution in [0.2, 0.25) is 0 Å². The minimum absolute atomic E-state index is 0.0336. The lowest BCUT2D eigenvalue weighted by molar-refractivity contribution is -0.205. The number of carbonyl (C=O) groups excluding carboxylic acids is 1. The Kier molecular flexibility index (Phi) is 1.28. The van der Waals surface area contributed by atoms with Gasteiger partial charge >= 0.3 is 0 Å². The molecule has 3 nitrogen and oxygen atoms in total. The molecule has 2 aliphatic heterocycles. The Morgan fingerprint density at radius 3 is 2.20 bits per heavy atom. The van der Waals surface area contributed by atoms with Crippen LogP contribution in [0.1, 0.15) is 25.7 Å². The summed E-state index contributed by atoms with van der Waals surface area (Å²) in [7, 11) is 0. The third-order valence-electron chi connectivity index (χ3n) is 2.48. The molecule has 2 unspecified atom stereocenters. The van der Waals surface area contributed by atoms with E-state index in [1.54, 1.807) is 0 Å². The van der Waals surface area contributed by atoms with Gasteiger partial charge in [-0.25, -0.2) is 0 Å². The lowest BCUT2D eigenvalue weighted by atomic mass is 10.0. The minimum Gasteiger partial charge on any atom is -0.300 e. The Balaban J connectivity index is 2.16. The quantitative estimate of drug-likeness (QED) is 0.492. The summed E-state index contributed by atoms with van der Waals surface area (Å²) in [5.41, 5.74) is 0. The Labute approximate surface area is 59.6 Å². The summed E-state index contributed by atoms with van der Waals surface area (Å²) in [6.07, 6.45) is 2.86. The molecule has 3 heteroatoms. The second-order valence-electron chi connectivity index (χ2n) is 3.19. The van der Waals surface area contributed by atoms with Gasteiger partial charge in [-0.1, -0.05) is 0 Å². The molecule has 55 valence electrons. The third-order valence-corrected chi connectivity index (χ3v) is 2.48. The predicted molar refractivity (Wildman–Crippen MR) is 33.6 cm³/mol. The number of piperidine rings is 1. The molecule has 0 spiro atoms. The van der Waals surface area contributed by atoms with Gasteiger partial charge in [0.25, 0.3) is 0 Å². The predicted octanol–water partition coefficient (Wildman–Crippen LogP) is 0.528. The maximum absolute atomic E-state index is 11.1. The van der Waals surface area contributed by atoms with E-state index in [1.165, 1.54) is 0 Å². The zero-order chi connectivity index (χ0) is 7.14. The molecule has 2 aliphatic rings. The molecule has 10 heavy (non-hydrogen) atoms. The molecule has 2 bridgehead atoms. The third kappa shape index (κ3) is 0.777. The van der Waals surface area contributed by atoms with Crippen molar-refractivity contribution in [1.29, 1.82) is 0 Å². The standard InChI is InChI=1S/C7H10NO2/c9-7-3-5-1-2-6(4-7)8(5)10/h5-6H,1-4H2. The fraction of sp³-hybridized carbons (Fsp3) is 0.857. The van der Waals surface area contributed by atoms with Crippen molar-refractivity contribution < 1.29 is 10.0 Å². The smallest absolute Gasteiger partial charge is 0.136 e. The minimum atomic E-state index is 0.0336. The first kappa shape index (κ1) is 6.31. The number of rotatable bonds is 0. The van der Waals surface area contributed by atoms with Gasteiger partial charge in [0.2, 0.25) is 0 Å². The number of nitrogens with zero attached hydrogens (tertiary/aromatic N) is 1. The summed E-state index contributed by atoms with van der Waals surface area (Å²) in [5.74, 6) is 0.277. The summed E-state index contributed by atoms with van der Waals surface area (Å²) < 4.78 is 0. The van der Waals surface area contributed by atoms with Crippen LogP contribution in [0.5, 0.6) is 0 Å². The highest BCUT2D eigenvalue weighted by molar-refractivity contribution is 5.80. The van der Waals surface area contributed by atoms with Crippen molar-refractivity contribution in [2.75, 3.05) is 0 Å². The lowest BCUT2D eigenvalue weighted by Crippen LogP contribution is -2.39. The van der Waals surface area contributed by atoms with E-state index in [1.807, 2.05) is 0 Å². The Bertz CT molecular complexity index is 153. The molecule has 0 aromatic carbocycles. The summed E-state index contributed by atoms with van der Waals surface area (Å²) in [6.45, 7) is 0. The van der Waals surface area contributed by atoms with Crippen LogP contribution in [0.15, 0.2) is 0 Å². The molecule has 0 aromatic heterocycles. The van der Waals surface area contributed by atoms with Crippen LogP contribution in [-0.4, -0.2) is 22.9 Å². The second-order valence-corrected chi connectivity index (χ2v) is 3.19. The molecule has 1 radical (unpaired) electrons. The average molecular weight is 140 g/mol. The van der Waals surface area contributed by atoms with Crippen LogP contribution in [0, 0.1) is 0 Å². The maximum atomic E-state index is 11.1. The lowest BCUT2D eigenvalue weighted by Gasteiger charge is -2.25. The molecule has 0 amide bonds. The van der Waals surface area contributed by atoms with E-state index in [0.29, 0.717) is 12.8 Å². The van der Waals surface area contributed by atoms with Gasteiger partial charge in [0.05, 0.1) is 0 Å². The van der Waals surface area contributed by atoms with Crippen molar-refractivity contribution in [2.45, 2.75) is 37.8 Å². The number of ketones is 1. The van der Waals surface area contributed by atoms with Crippen LogP contribution in [0.25, 0.3) is 0 Å². The molecule has 2 heterocycles. The highest BCUT2D eigenvalue weighted by Gasteiger charge is 2.40. The number of fused-ring (bicyclic) bond motifs is 2. The van der Waals surface area contributed by atoms with Gasteiger partial charge in [0, 0.05) is 24.9 Å². The van der Waals surface area contributed by atoms with Crippen LogP contribution < -0.4 is 0 Å². The molecule has 2 rings (SSSR count). The number of Topliss-reactive ketones (excluding diaryl/α,β-unsaturated/α-hetero) is 1. The summed E-state index contributed by atoms with van der Waals surface area (Å²) in [6, 6.07) is 0.0671. The molecule has 2 saturated heterocycles. The molecule has 2 atom stereocenters. The van der Waals surface area contributed by atoms with E-state index in [2.05, 4.69) is 0 Å². The number of hydrogen-bond acceptors (Lipinski definition) is 2. The SMILES string of the molecule is [O]N1C2CCC1CC(=O)C2. The van der Waals surface area contributed by atoms with Crippen LogP contribution in [-0.2, 0) is 10.0 Å². The highest BCUT2D eigenvalue weighted by Crippen LogP contribution is 2.31. The zero-order valence-electron chi connectivity index (χ0n) is 5.75. The summed E-state index contributed by atoms with van der Waals surface area (Å²) in [5, 5.41) is 12.2. The Morgan fingerprint density at radius 2 is 1.70 bits per heavy atom. The highest BCUT2D eigenvalue weighted by atomic mass is 16.5. The van der Waals surface area contributed by atoms with Gasteiger partial charge < -0.3 is 0 Å². The largest absolute Gasteiger partial charge is 0.300 e. The summed E-state index contributed by atoms with van der Waals surface area (Å²) >= 11 is 0. The van der Waals surface area contributed by atoms with Gasteiger partial charge in [0.15, 0.2) is 0 Å². The van der Waals surface area contributed by atoms with Gasteiger partial charge in [0.1, 0.15) is 5.78 Å². The van der Waals surface area contributed by atoms with Crippen molar-refractivity contribution in [3.8, 4) is 0 Å². The molecule has 0 N–H and O–H groups in total. The molecule has 2 fully saturated rings. The number of carbonyl (C=O) groups is 1. The van der Waals surface area contributed by atoms with Gasteiger partial charge in [-0.3, -0.25) is 4.79 Å². The van der Waals surface area contributed by atoms with E-state index >= 15 is 0 Å². The molecule has 0 aromatic rings. The number of hydrogen-bond donors (Lipinski definition) is 0. The average Bonchev–Trinajstić information content (AvgIpc) is 2.20. The van der Waals surface area contributed by atoms with Crippen molar-refractivity contribution in [3.05, 3.63) is 0 Å². The van der Waals surface area contributed by atoms with Crippen LogP contribution in [0.3, 0.4) is 0 Å². The van der Waals surface area contributed by atoms with Gasteiger partial charge in [-0.2, -0.15) is 0 Å². The van der Waals surface area contributed by atoms with E-state index in [4.69, 9.17) is 0 Å². The fourth-order valence-electron chi connectivity index (χ4n) is 1.93. The summed E-state index contributed by atoms with van der Waals surface area (Å²) in [4.78, 5) is 10.9. The monoisotopic (exact) mass is 140 g/mol. The second kappa shape index (κ2) is 2.04. The normalized spacial score (nSPS) is 40.7. The topological polar surface area (TPSA) is 40.2 Å². The van der Waals surface area contributed by atoms with Crippen LogP contribution in [0.4, 0.5) is 0 Å². The number of hydroxylamine groups is 2. The van der Waals surface area contributed by atoms with Gasteiger partial charge in [-0.05, 0) is 12.8 Å². The van der Waals surface area contributed by atoms with Gasteiger partial charge in [-0.15, -0.1) is 10.3 Å². The van der Waals surface area contributed by atoms with Crippen molar-refractivity contribution in [1.82, 2.24) is 5.06 Å². The van der Waals surface area contributed by atoms with E-state index < -0.39 is 0 Å². The maximum Gasteiger partial charge on any atom is 0.136 e. The first-order chi connectivity index (χ1) is 4.77.